The Hall–Kier alpha value is -2.32. The summed E-state index contributed by atoms with van der Waals surface area (Å²) in [5, 5.41) is 29.9. The van der Waals surface area contributed by atoms with Crippen LogP contribution in [0.4, 0.5) is 0 Å². The lowest BCUT2D eigenvalue weighted by Gasteiger charge is -2.34. The van der Waals surface area contributed by atoms with Crippen molar-refractivity contribution in [2.24, 2.45) is 0 Å². The van der Waals surface area contributed by atoms with E-state index >= 15 is 0 Å². The lowest BCUT2D eigenvalue weighted by atomic mass is 10.1. The van der Waals surface area contributed by atoms with Crippen molar-refractivity contribution in [1.82, 2.24) is 0 Å². The fraction of sp³-hybridized carbons (Fsp3) is 0.250. The number of hydrogen-bond donors (Lipinski definition) is 3. The Balaban J connectivity index is 1.66. The number of benzene rings is 2. The standard InChI is InChI=1S/C20H18O6S/c21-14-9-16(11-4-2-1-3-5-11)26-17-8-12(6-7-13(14)17)25-20-19(24)18(23)15(22)10-27-20/h1-9,15,18-20,22-24H,10H2/t15-,18+,19-,20-/m1/s1. The molecular weight excluding hydrogens is 368 g/mol. The minimum absolute atomic E-state index is 0.160. The van der Waals surface area contributed by atoms with Crippen molar-refractivity contribution in [2.75, 3.05) is 5.75 Å². The van der Waals surface area contributed by atoms with Gasteiger partial charge in [0.1, 0.15) is 29.3 Å². The van der Waals surface area contributed by atoms with Gasteiger partial charge >= 0.3 is 0 Å². The first-order chi connectivity index (χ1) is 13.0. The van der Waals surface area contributed by atoms with Gasteiger partial charge in [-0.05, 0) is 12.1 Å². The molecule has 1 aromatic heterocycles. The van der Waals surface area contributed by atoms with Gasteiger partial charge in [-0.2, -0.15) is 0 Å². The zero-order chi connectivity index (χ0) is 19.0. The Morgan fingerprint density at radius 1 is 1.00 bits per heavy atom. The van der Waals surface area contributed by atoms with Crippen LogP contribution < -0.4 is 10.2 Å². The molecular formula is C20H18O6S. The van der Waals surface area contributed by atoms with Gasteiger partial charge in [0.25, 0.3) is 0 Å². The summed E-state index contributed by atoms with van der Waals surface area (Å²) in [7, 11) is 0. The molecule has 2 aromatic carbocycles. The molecule has 0 amide bonds. The zero-order valence-corrected chi connectivity index (χ0v) is 15.0. The maximum absolute atomic E-state index is 12.4. The van der Waals surface area contributed by atoms with Gasteiger partial charge in [0, 0.05) is 23.4 Å². The van der Waals surface area contributed by atoms with Gasteiger partial charge in [-0.15, -0.1) is 11.8 Å². The predicted octanol–water partition coefficient (Wildman–Crippen LogP) is 1.99. The van der Waals surface area contributed by atoms with Crippen LogP contribution in [0.2, 0.25) is 0 Å². The Morgan fingerprint density at radius 2 is 1.78 bits per heavy atom. The Morgan fingerprint density at radius 3 is 2.56 bits per heavy atom. The molecule has 27 heavy (non-hydrogen) atoms. The lowest BCUT2D eigenvalue weighted by molar-refractivity contribution is -0.0786. The van der Waals surface area contributed by atoms with Crippen molar-refractivity contribution in [2.45, 2.75) is 23.7 Å². The molecule has 7 heteroatoms. The number of thioether (sulfide) groups is 1. The summed E-state index contributed by atoms with van der Waals surface area (Å²) in [6.45, 7) is 0. The molecule has 0 bridgehead atoms. The van der Waals surface area contributed by atoms with Crippen LogP contribution in [-0.2, 0) is 0 Å². The van der Waals surface area contributed by atoms with E-state index in [2.05, 4.69) is 0 Å². The molecule has 1 aliphatic heterocycles. The van der Waals surface area contributed by atoms with Gasteiger partial charge in [-0.1, -0.05) is 30.3 Å². The van der Waals surface area contributed by atoms with E-state index in [0.29, 0.717) is 22.5 Å². The van der Waals surface area contributed by atoms with Crippen molar-refractivity contribution in [1.29, 1.82) is 0 Å². The fourth-order valence-corrected chi connectivity index (χ4v) is 4.09. The normalized spacial score (nSPS) is 25.4. The van der Waals surface area contributed by atoms with Crippen LogP contribution in [0.25, 0.3) is 22.3 Å². The molecule has 1 aliphatic rings. The maximum Gasteiger partial charge on any atom is 0.193 e. The van der Waals surface area contributed by atoms with E-state index < -0.39 is 23.7 Å². The molecule has 1 saturated heterocycles. The van der Waals surface area contributed by atoms with Crippen molar-refractivity contribution in [3.05, 3.63) is 64.8 Å². The quantitative estimate of drug-likeness (QED) is 0.633. The second-order valence-corrected chi connectivity index (χ2v) is 7.50. The van der Waals surface area contributed by atoms with E-state index in [9.17, 15) is 20.1 Å². The average molecular weight is 386 g/mol. The van der Waals surface area contributed by atoms with Crippen LogP contribution in [0.3, 0.4) is 0 Å². The average Bonchev–Trinajstić information content (AvgIpc) is 2.69. The SMILES string of the molecule is O=c1cc(-c2ccccc2)oc2cc(O[C@@H]3SC[C@@H](O)[C@H](O)[C@H]3O)ccc12. The minimum Gasteiger partial charge on any atom is -0.477 e. The summed E-state index contributed by atoms with van der Waals surface area (Å²) in [6, 6.07) is 15.6. The molecule has 140 valence electrons. The summed E-state index contributed by atoms with van der Waals surface area (Å²) in [4.78, 5) is 12.4. The first-order valence-corrected chi connectivity index (χ1v) is 9.53. The third-order valence-electron chi connectivity index (χ3n) is 4.47. The number of rotatable bonds is 3. The van der Waals surface area contributed by atoms with Crippen LogP contribution in [0.15, 0.2) is 63.8 Å². The largest absolute Gasteiger partial charge is 0.477 e. The van der Waals surface area contributed by atoms with Gasteiger partial charge in [0.2, 0.25) is 0 Å². The Bertz CT molecular complexity index is 1000. The van der Waals surface area contributed by atoms with Crippen molar-refractivity contribution >= 4 is 22.7 Å². The smallest absolute Gasteiger partial charge is 0.193 e. The van der Waals surface area contributed by atoms with Crippen LogP contribution >= 0.6 is 11.8 Å². The highest BCUT2D eigenvalue weighted by molar-refractivity contribution is 7.99. The first-order valence-electron chi connectivity index (χ1n) is 8.49. The van der Waals surface area contributed by atoms with E-state index in [-0.39, 0.29) is 11.2 Å². The molecule has 3 aromatic rings. The summed E-state index contributed by atoms with van der Waals surface area (Å²) in [6.07, 6.45) is -3.48. The third kappa shape index (κ3) is 3.59. The summed E-state index contributed by atoms with van der Waals surface area (Å²) in [5.41, 5.74) is 0.269. The number of aliphatic hydroxyl groups excluding tert-OH is 3. The monoisotopic (exact) mass is 386 g/mol. The molecule has 0 unspecified atom stereocenters. The third-order valence-corrected chi connectivity index (χ3v) is 5.70. The molecule has 0 spiro atoms. The number of hydrogen-bond acceptors (Lipinski definition) is 7. The zero-order valence-electron chi connectivity index (χ0n) is 14.2. The van der Waals surface area contributed by atoms with Crippen molar-refractivity contribution < 1.29 is 24.5 Å². The van der Waals surface area contributed by atoms with Crippen molar-refractivity contribution in [3.63, 3.8) is 0 Å². The Kier molecular flexibility index (Phi) is 4.92. The molecule has 0 aliphatic carbocycles. The molecule has 2 heterocycles. The molecule has 6 nitrogen and oxygen atoms in total. The Labute approximate surface area is 159 Å². The summed E-state index contributed by atoms with van der Waals surface area (Å²) < 4.78 is 11.6. The van der Waals surface area contributed by atoms with Crippen LogP contribution in [-0.4, -0.2) is 44.8 Å². The molecule has 4 rings (SSSR count). The van der Waals surface area contributed by atoms with Gasteiger partial charge in [0.15, 0.2) is 10.9 Å². The minimum atomic E-state index is -1.26. The van der Waals surface area contributed by atoms with E-state index in [1.807, 2.05) is 30.3 Å². The predicted molar refractivity (Wildman–Crippen MR) is 103 cm³/mol. The van der Waals surface area contributed by atoms with E-state index in [1.54, 1.807) is 18.2 Å². The second kappa shape index (κ2) is 7.36. The van der Waals surface area contributed by atoms with Gasteiger partial charge < -0.3 is 24.5 Å². The van der Waals surface area contributed by atoms with Crippen LogP contribution in [0.1, 0.15) is 0 Å². The first kappa shape index (κ1) is 18.1. The molecule has 3 N–H and O–H groups in total. The molecule has 4 atom stereocenters. The highest BCUT2D eigenvalue weighted by Crippen LogP contribution is 2.31. The highest BCUT2D eigenvalue weighted by Gasteiger charge is 2.38. The van der Waals surface area contributed by atoms with Crippen LogP contribution in [0, 0.1) is 0 Å². The molecule has 0 saturated carbocycles. The van der Waals surface area contributed by atoms with Crippen LogP contribution in [0.5, 0.6) is 5.75 Å². The fourth-order valence-electron chi connectivity index (χ4n) is 2.97. The molecule has 1 fully saturated rings. The number of fused-ring (bicyclic) bond motifs is 1. The topological polar surface area (TPSA) is 100 Å². The highest BCUT2D eigenvalue weighted by atomic mass is 32.2. The van der Waals surface area contributed by atoms with E-state index in [0.717, 1.165) is 5.56 Å². The number of ether oxygens (including phenoxy) is 1. The second-order valence-electron chi connectivity index (χ2n) is 6.37. The van der Waals surface area contributed by atoms with Crippen molar-refractivity contribution in [3.8, 4) is 17.1 Å². The summed E-state index contributed by atoms with van der Waals surface area (Å²) >= 11 is 1.21. The van der Waals surface area contributed by atoms with Gasteiger partial charge in [0.05, 0.1) is 11.5 Å². The maximum atomic E-state index is 12.4. The number of aliphatic hydroxyl groups is 3. The summed E-state index contributed by atoms with van der Waals surface area (Å²) in [5.74, 6) is 1.11. The van der Waals surface area contributed by atoms with Gasteiger partial charge in [-0.3, -0.25) is 4.79 Å². The molecule has 0 radical (unpaired) electrons. The lowest BCUT2D eigenvalue weighted by Crippen LogP contribution is -2.50. The van der Waals surface area contributed by atoms with E-state index in [1.165, 1.54) is 17.8 Å². The van der Waals surface area contributed by atoms with Gasteiger partial charge in [-0.25, -0.2) is 0 Å². The van der Waals surface area contributed by atoms with E-state index in [4.69, 9.17) is 9.15 Å².